The van der Waals surface area contributed by atoms with Crippen LogP contribution >= 0.6 is 0 Å². The Morgan fingerprint density at radius 3 is 2.27 bits per heavy atom. The maximum atomic E-state index is 13.3. The lowest BCUT2D eigenvalue weighted by atomic mass is 10.0. The first kappa shape index (κ1) is 30.0. The van der Waals surface area contributed by atoms with Gasteiger partial charge in [0, 0.05) is 63.3 Å². The molecule has 0 N–H and O–H groups in total. The first-order chi connectivity index (χ1) is 21.3. The SMILES string of the molecule is CCOc1cnc(CN2CCC(n3ncc4cc(C(=O)N5CCN(Cc6ccc(C(F)(F)F)cc6)CC5)ccc43)CC2)cn1. The molecule has 1 amide bonds. The lowest BCUT2D eigenvalue weighted by Crippen LogP contribution is -2.48. The van der Waals surface area contributed by atoms with Crippen LogP contribution in [0.5, 0.6) is 5.88 Å². The topological polar surface area (TPSA) is 79.6 Å². The number of hydrogen-bond donors (Lipinski definition) is 0. The fraction of sp³-hybridized carbons (Fsp3) is 0.438. The van der Waals surface area contributed by atoms with Gasteiger partial charge in [0.05, 0.1) is 48.0 Å². The maximum absolute atomic E-state index is 13.3. The van der Waals surface area contributed by atoms with E-state index in [2.05, 4.69) is 24.4 Å². The number of aromatic nitrogens is 4. The number of piperidine rings is 1. The van der Waals surface area contributed by atoms with Gasteiger partial charge < -0.3 is 9.64 Å². The lowest BCUT2D eigenvalue weighted by Gasteiger charge is -2.35. The van der Waals surface area contributed by atoms with Crippen molar-refractivity contribution in [1.29, 1.82) is 0 Å². The molecule has 2 aliphatic heterocycles. The van der Waals surface area contributed by atoms with E-state index in [-0.39, 0.29) is 11.9 Å². The number of likely N-dealkylation sites (tertiary alicyclic amines) is 1. The molecule has 44 heavy (non-hydrogen) atoms. The zero-order chi connectivity index (χ0) is 30.7. The molecule has 232 valence electrons. The summed E-state index contributed by atoms with van der Waals surface area (Å²) in [6, 6.07) is 11.4. The molecule has 6 rings (SSSR count). The first-order valence-corrected chi connectivity index (χ1v) is 15.1. The van der Waals surface area contributed by atoms with E-state index < -0.39 is 11.7 Å². The van der Waals surface area contributed by atoms with Crippen molar-refractivity contribution in [3.63, 3.8) is 0 Å². The average molecular weight is 608 g/mol. The van der Waals surface area contributed by atoms with E-state index in [1.165, 1.54) is 12.1 Å². The third-order valence-electron chi connectivity index (χ3n) is 8.45. The van der Waals surface area contributed by atoms with Crippen molar-refractivity contribution in [2.24, 2.45) is 0 Å². The number of carbonyl (C=O) groups excluding carboxylic acids is 1. The number of alkyl halides is 3. The number of carbonyl (C=O) groups is 1. The van der Waals surface area contributed by atoms with Crippen LogP contribution in [0.1, 0.15) is 53.0 Å². The third kappa shape index (κ3) is 6.86. The smallest absolute Gasteiger partial charge is 0.416 e. The summed E-state index contributed by atoms with van der Waals surface area (Å²) in [6.07, 6.45) is 2.90. The zero-order valence-corrected chi connectivity index (χ0v) is 24.7. The Kier molecular flexibility index (Phi) is 8.81. The van der Waals surface area contributed by atoms with Gasteiger partial charge in [-0.15, -0.1) is 0 Å². The second kappa shape index (κ2) is 12.9. The van der Waals surface area contributed by atoms with Gasteiger partial charge >= 0.3 is 6.18 Å². The summed E-state index contributed by atoms with van der Waals surface area (Å²) in [6.45, 7) is 8.12. The standard InChI is InChI=1S/C32H36F3N7O2/c1-2-44-30-20-36-27(19-37-30)22-39-11-9-28(10-12-39)42-29-8-5-24(17-25(29)18-38-42)31(43)41-15-13-40(14-16-41)21-23-3-6-26(7-4-23)32(33,34)35/h3-8,17-20,28H,2,9-16,21-22H2,1H3. The molecular weight excluding hydrogens is 571 g/mol. The Morgan fingerprint density at radius 2 is 1.61 bits per heavy atom. The minimum Gasteiger partial charge on any atom is -0.477 e. The highest BCUT2D eigenvalue weighted by molar-refractivity contribution is 5.98. The maximum Gasteiger partial charge on any atom is 0.416 e. The third-order valence-corrected chi connectivity index (χ3v) is 8.45. The highest BCUT2D eigenvalue weighted by atomic mass is 19.4. The Hall–Kier alpha value is -4.03. The molecule has 2 aromatic heterocycles. The van der Waals surface area contributed by atoms with Crippen LogP contribution in [0.3, 0.4) is 0 Å². The van der Waals surface area contributed by atoms with Crippen molar-refractivity contribution in [3.05, 3.63) is 83.4 Å². The monoisotopic (exact) mass is 607 g/mol. The summed E-state index contributed by atoms with van der Waals surface area (Å²) in [5.41, 5.74) is 2.77. The van der Waals surface area contributed by atoms with Crippen LogP contribution < -0.4 is 4.74 Å². The fourth-order valence-corrected chi connectivity index (χ4v) is 6.02. The van der Waals surface area contributed by atoms with Crippen LogP contribution in [0.15, 0.2) is 61.1 Å². The largest absolute Gasteiger partial charge is 0.477 e. The Bertz CT molecular complexity index is 1560. The summed E-state index contributed by atoms with van der Waals surface area (Å²) in [7, 11) is 0. The number of piperazine rings is 1. The predicted octanol–water partition coefficient (Wildman–Crippen LogP) is 5.04. The van der Waals surface area contributed by atoms with Crippen LogP contribution in [0, 0.1) is 0 Å². The molecule has 4 aromatic rings. The summed E-state index contributed by atoms with van der Waals surface area (Å²) < 4.78 is 46.0. The molecule has 9 nitrogen and oxygen atoms in total. The van der Waals surface area contributed by atoms with Crippen molar-refractivity contribution in [2.75, 3.05) is 45.9 Å². The number of benzene rings is 2. The Morgan fingerprint density at radius 1 is 0.886 bits per heavy atom. The van der Waals surface area contributed by atoms with E-state index in [4.69, 9.17) is 9.84 Å². The predicted molar refractivity (Wildman–Crippen MR) is 159 cm³/mol. The number of fused-ring (bicyclic) bond motifs is 1. The number of ether oxygens (including phenoxy) is 1. The van der Waals surface area contributed by atoms with Crippen LogP contribution in [0.25, 0.3) is 10.9 Å². The van der Waals surface area contributed by atoms with Gasteiger partial charge in [0.25, 0.3) is 5.91 Å². The van der Waals surface area contributed by atoms with Gasteiger partial charge in [0.15, 0.2) is 0 Å². The van der Waals surface area contributed by atoms with E-state index in [0.29, 0.717) is 50.8 Å². The fourth-order valence-electron chi connectivity index (χ4n) is 6.02. The summed E-state index contributed by atoms with van der Waals surface area (Å²) >= 11 is 0. The molecular formula is C32H36F3N7O2. The van der Waals surface area contributed by atoms with Gasteiger partial charge in [-0.25, -0.2) is 4.98 Å². The number of hydrogen-bond acceptors (Lipinski definition) is 7. The molecule has 2 saturated heterocycles. The molecule has 0 unspecified atom stereocenters. The van der Waals surface area contributed by atoms with Gasteiger partial charge in [-0.3, -0.25) is 24.3 Å². The summed E-state index contributed by atoms with van der Waals surface area (Å²) in [5.74, 6) is 0.530. The van der Waals surface area contributed by atoms with E-state index in [1.54, 1.807) is 12.4 Å². The molecule has 2 fully saturated rings. The number of halogens is 3. The molecule has 0 bridgehead atoms. The first-order valence-electron chi connectivity index (χ1n) is 15.1. The average Bonchev–Trinajstić information content (AvgIpc) is 3.46. The van der Waals surface area contributed by atoms with E-state index >= 15 is 0 Å². The number of rotatable bonds is 8. The van der Waals surface area contributed by atoms with Gasteiger partial charge in [-0.1, -0.05) is 12.1 Å². The van der Waals surface area contributed by atoms with Crippen molar-refractivity contribution < 1.29 is 22.7 Å². The van der Waals surface area contributed by atoms with Crippen LogP contribution in [-0.4, -0.2) is 86.2 Å². The van der Waals surface area contributed by atoms with Crippen LogP contribution in [-0.2, 0) is 19.3 Å². The number of amides is 1. The van der Waals surface area contributed by atoms with Crippen LogP contribution in [0.4, 0.5) is 13.2 Å². The molecule has 0 aliphatic carbocycles. The summed E-state index contributed by atoms with van der Waals surface area (Å²) in [4.78, 5) is 28.5. The van der Waals surface area contributed by atoms with E-state index in [9.17, 15) is 18.0 Å². The quantitative estimate of drug-likeness (QED) is 0.278. The molecule has 12 heteroatoms. The molecule has 0 saturated carbocycles. The van der Waals surface area contributed by atoms with Crippen molar-refractivity contribution in [1.82, 2.24) is 34.4 Å². The van der Waals surface area contributed by atoms with Crippen molar-refractivity contribution in [3.8, 4) is 5.88 Å². The lowest BCUT2D eigenvalue weighted by molar-refractivity contribution is -0.137. The highest BCUT2D eigenvalue weighted by Crippen LogP contribution is 2.30. The minimum atomic E-state index is -4.33. The second-order valence-electron chi connectivity index (χ2n) is 11.4. The second-order valence-corrected chi connectivity index (χ2v) is 11.4. The molecule has 0 spiro atoms. The van der Waals surface area contributed by atoms with Crippen LogP contribution in [0.2, 0.25) is 0 Å². The normalized spacial score (nSPS) is 17.3. The van der Waals surface area contributed by atoms with E-state index in [0.717, 1.165) is 66.8 Å². The van der Waals surface area contributed by atoms with Crippen molar-refractivity contribution in [2.45, 2.75) is 45.1 Å². The molecule has 0 atom stereocenters. The highest BCUT2D eigenvalue weighted by Gasteiger charge is 2.30. The Balaban J connectivity index is 1.01. The van der Waals surface area contributed by atoms with Gasteiger partial charge in [0.2, 0.25) is 5.88 Å². The van der Waals surface area contributed by atoms with E-state index in [1.807, 2.05) is 36.2 Å². The Labute approximate surface area is 254 Å². The minimum absolute atomic E-state index is 0.0143. The zero-order valence-electron chi connectivity index (χ0n) is 24.7. The summed E-state index contributed by atoms with van der Waals surface area (Å²) in [5, 5.41) is 5.65. The van der Waals surface area contributed by atoms with Crippen molar-refractivity contribution >= 4 is 16.8 Å². The van der Waals surface area contributed by atoms with Gasteiger partial charge in [-0.05, 0) is 55.7 Å². The van der Waals surface area contributed by atoms with Gasteiger partial charge in [0.1, 0.15) is 0 Å². The molecule has 0 radical (unpaired) electrons. The molecule has 2 aromatic carbocycles. The molecule has 2 aliphatic rings. The molecule has 4 heterocycles. The van der Waals surface area contributed by atoms with Gasteiger partial charge in [-0.2, -0.15) is 18.3 Å². The number of nitrogens with zero attached hydrogens (tertiary/aromatic N) is 7.